The number of ether oxygens (including phenoxy) is 1. The molecule has 4 fully saturated rings. The number of hydrogen-bond donors (Lipinski definition) is 0. The first kappa shape index (κ1) is 9.04. The minimum atomic E-state index is 0.700. The first-order chi connectivity index (χ1) is 7.45. The fraction of sp³-hybridized carbons (Fsp3) is 1.00. The van der Waals surface area contributed by atoms with Crippen LogP contribution in [0.15, 0.2) is 0 Å². The Hall–Kier alpha value is -0.0400. The molecule has 2 saturated heterocycles. The van der Waals surface area contributed by atoms with Crippen LogP contribution in [-0.2, 0) is 4.74 Å². The molecular formula is C14H22O. The maximum absolute atomic E-state index is 6.37. The van der Waals surface area contributed by atoms with Crippen LogP contribution in [-0.4, -0.2) is 12.2 Å². The van der Waals surface area contributed by atoms with Gasteiger partial charge in [-0.15, -0.1) is 0 Å². The molecule has 4 rings (SSSR count). The van der Waals surface area contributed by atoms with Crippen LogP contribution in [0, 0.1) is 23.7 Å². The van der Waals surface area contributed by atoms with Crippen molar-refractivity contribution >= 4 is 0 Å². The third-order valence-corrected chi connectivity index (χ3v) is 5.75. The van der Waals surface area contributed by atoms with Gasteiger partial charge in [-0.2, -0.15) is 0 Å². The lowest BCUT2D eigenvalue weighted by Gasteiger charge is -2.42. The van der Waals surface area contributed by atoms with Gasteiger partial charge >= 0.3 is 0 Å². The van der Waals surface area contributed by atoms with Crippen molar-refractivity contribution in [1.82, 2.24) is 0 Å². The second-order valence-electron chi connectivity index (χ2n) is 6.29. The largest absolute Gasteiger partial charge is 0.374 e. The van der Waals surface area contributed by atoms with E-state index in [0.29, 0.717) is 12.2 Å². The quantitative estimate of drug-likeness (QED) is 0.590. The van der Waals surface area contributed by atoms with Gasteiger partial charge in [0.25, 0.3) is 0 Å². The van der Waals surface area contributed by atoms with Crippen molar-refractivity contribution < 1.29 is 4.74 Å². The molecule has 2 heterocycles. The molecular weight excluding hydrogens is 184 g/mol. The average molecular weight is 206 g/mol. The zero-order chi connectivity index (χ0) is 9.83. The van der Waals surface area contributed by atoms with Crippen LogP contribution in [0.5, 0.6) is 0 Å². The number of hydrogen-bond acceptors (Lipinski definition) is 1. The normalized spacial score (nSPS) is 57.6. The summed E-state index contributed by atoms with van der Waals surface area (Å²) < 4.78 is 6.37. The van der Waals surface area contributed by atoms with E-state index in [4.69, 9.17) is 4.74 Å². The molecule has 1 nitrogen and oxygen atoms in total. The molecule has 0 radical (unpaired) electrons. The fourth-order valence-electron chi connectivity index (χ4n) is 5.23. The molecule has 0 amide bonds. The summed E-state index contributed by atoms with van der Waals surface area (Å²) in [5.74, 6) is 3.90. The molecule has 0 aromatic heterocycles. The molecule has 2 bridgehead atoms. The van der Waals surface area contributed by atoms with E-state index in [1.54, 1.807) is 0 Å². The van der Waals surface area contributed by atoms with E-state index < -0.39 is 0 Å². The lowest BCUT2D eigenvalue weighted by Crippen LogP contribution is -2.42. The van der Waals surface area contributed by atoms with Crippen molar-refractivity contribution in [2.24, 2.45) is 23.7 Å². The molecule has 0 spiro atoms. The van der Waals surface area contributed by atoms with E-state index in [-0.39, 0.29) is 0 Å². The molecule has 0 aromatic carbocycles. The zero-order valence-electron chi connectivity index (χ0n) is 9.53. The van der Waals surface area contributed by atoms with Crippen LogP contribution in [0.4, 0.5) is 0 Å². The summed E-state index contributed by atoms with van der Waals surface area (Å²) in [5, 5.41) is 0. The molecule has 0 aromatic rings. The average Bonchev–Trinajstić information content (AvgIpc) is 2.86. The van der Waals surface area contributed by atoms with Gasteiger partial charge in [0, 0.05) is 0 Å². The summed E-state index contributed by atoms with van der Waals surface area (Å²) in [7, 11) is 0. The van der Waals surface area contributed by atoms with E-state index in [0.717, 1.165) is 23.7 Å². The minimum Gasteiger partial charge on any atom is -0.374 e. The SMILES string of the molecule is C1CCC2C(C1)C1OC2C2CCCCC21. The van der Waals surface area contributed by atoms with Gasteiger partial charge in [0.1, 0.15) is 0 Å². The Morgan fingerprint density at radius 2 is 0.867 bits per heavy atom. The Labute approximate surface area is 92.6 Å². The highest BCUT2D eigenvalue weighted by atomic mass is 16.5. The van der Waals surface area contributed by atoms with Crippen LogP contribution < -0.4 is 0 Å². The molecule has 4 unspecified atom stereocenters. The van der Waals surface area contributed by atoms with Gasteiger partial charge in [0.05, 0.1) is 12.2 Å². The van der Waals surface area contributed by atoms with Crippen molar-refractivity contribution in [3.8, 4) is 0 Å². The first-order valence-corrected chi connectivity index (χ1v) is 7.10. The van der Waals surface area contributed by atoms with Gasteiger partial charge in [-0.3, -0.25) is 0 Å². The molecule has 0 N–H and O–H groups in total. The van der Waals surface area contributed by atoms with Crippen molar-refractivity contribution in [2.75, 3.05) is 0 Å². The summed E-state index contributed by atoms with van der Waals surface area (Å²) in [6.45, 7) is 0. The fourth-order valence-corrected chi connectivity index (χ4v) is 5.23. The van der Waals surface area contributed by atoms with Gasteiger partial charge < -0.3 is 4.74 Å². The standard InChI is InChI=1S/C14H22O/c1-2-6-10-9(5-1)13-11-7-3-4-8-12(11)14(10)15-13/h9-14H,1-8H2. The molecule has 4 aliphatic rings. The molecule has 2 aliphatic carbocycles. The lowest BCUT2D eigenvalue weighted by molar-refractivity contribution is 0.0708. The second kappa shape index (κ2) is 3.23. The molecule has 2 saturated carbocycles. The highest BCUT2D eigenvalue weighted by molar-refractivity contribution is 5.06. The van der Waals surface area contributed by atoms with Gasteiger partial charge in [0.15, 0.2) is 0 Å². The van der Waals surface area contributed by atoms with Crippen LogP contribution in [0.3, 0.4) is 0 Å². The van der Waals surface area contributed by atoms with Crippen molar-refractivity contribution in [3.63, 3.8) is 0 Å². The van der Waals surface area contributed by atoms with Crippen LogP contribution in [0.1, 0.15) is 51.4 Å². The Morgan fingerprint density at radius 1 is 0.533 bits per heavy atom. The van der Waals surface area contributed by atoms with Gasteiger partial charge in [-0.1, -0.05) is 25.7 Å². The Kier molecular flexibility index (Phi) is 1.94. The molecule has 15 heavy (non-hydrogen) atoms. The van der Waals surface area contributed by atoms with Crippen molar-refractivity contribution in [1.29, 1.82) is 0 Å². The minimum absolute atomic E-state index is 0.700. The highest BCUT2D eigenvalue weighted by Crippen LogP contribution is 2.58. The van der Waals surface area contributed by atoms with E-state index >= 15 is 0 Å². The Morgan fingerprint density at radius 3 is 1.20 bits per heavy atom. The van der Waals surface area contributed by atoms with Gasteiger partial charge in [0.2, 0.25) is 0 Å². The van der Waals surface area contributed by atoms with Gasteiger partial charge in [-0.05, 0) is 49.4 Å². The maximum atomic E-state index is 6.37. The third kappa shape index (κ3) is 1.13. The third-order valence-electron chi connectivity index (χ3n) is 5.75. The number of rotatable bonds is 0. The Bertz CT molecular complexity index is 212. The first-order valence-electron chi connectivity index (χ1n) is 7.10. The topological polar surface area (TPSA) is 9.23 Å². The van der Waals surface area contributed by atoms with Gasteiger partial charge in [-0.25, -0.2) is 0 Å². The highest BCUT2D eigenvalue weighted by Gasteiger charge is 2.59. The second-order valence-corrected chi connectivity index (χ2v) is 6.29. The van der Waals surface area contributed by atoms with E-state index in [1.165, 1.54) is 51.4 Å². The zero-order valence-corrected chi connectivity index (χ0v) is 9.53. The lowest BCUT2D eigenvalue weighted by atomic mass is 9.60. The molecule has 4 atom stereocenters. The number of fused-ring (bicyclic) bond motifs is 8. The predicted molar refractivity (Wildman–Crippen MR) is 59.6 cm³/mol. The van der Waals surface area contributed by atoms with E-state index in [2.05, 4.69) is 0 Å². The van der Waals surface area contributed by atoms with Crippen molar-refractivity contribution in [3.05, 3.63) is 0 Å². The maximum Gasteiger partial charge on any atom is 0.0642 e. The monoisotopic (exact) mass is 206 g/mol. The molecule has 2 aliphatic heterocycles. The van der Waals surface area contributed by atoms with E-state index in [9.17, 15) is 0 Å². The summed E-state index contributed by atoms with van der Waals surface area (Å²) in [4.78, 5) is 0. The smallest absolute Gasteiger partial charge is 0.0642 e. The predicted octanol–water partition coefficient (Wildman–Crippen LogP) is 3.38. The van der Waals surface area contributed by atoms with Crippen molar-refractivity contribution in [2.45, 2.75) is 63.6 Å². The van der Waals surface area contributed by atoms with E-state index in [1.807, 2.05) is 0 Å². The summed E-state index contributed by atoms with van der Waals surface area (Å²) in [6.07, 6.45) is 13.2. The van der Waals surface area contributed by atoms with Crippen LogP contribution >= 0.6 is 0 Å². The van der Waals surface area contributed by atoms with Crippen LogP contribution in [0.25, 0.3) is 0 Å². The van der Waals surface area contributed by atoms with Crippen LogP contribution in [0.2, 0.25) is 0 Å². The molecule has 1 heteroatoms. The Balaban J connectivity index is 1.63. The summed E-state index contributed by atoms with van der Waals surface area (Å²) in [6, 6.07) is 0. The summed E-state index contributed by atoms with van der Waals surface area (Å²) in [5.41, 5.74) is 0. The summed E-state index contributed by atoms with van der Waals surface area (Å²) >= 11 is 0. The molecule has 84 valence electrons.